The smallest absolute Gasteiger partial charge is 0.224 e. The lowest BCUT2D eigenvalue weighted by molar-refractivity contribution is -0.121. The van der Waals surface area contributed by atoms with Gasteiger partial charge in [0.05, 0.1) is 12.5 Å². The normalized spacial score (nSPS) is 26.4. The molecule has 5 heteroatoms. The molecular formula is C14H18FNO3. The maximum Gasteiger partial charge on any atom is 0.224 e. The molecule has 4 nitrogen and oxygen atoms in total. The van der Waals surface area contributed by atoms with Crippen LogP contribution in [0.1, 0.15) is 18.4 Å². The van der Waals surface area contributed by atoms with Gasteiger partial charge >= 0.3 is 0 Å². The molecule has 1 amide bonds. The second-order valence-corrected chi connectivity index (χ2v) is 5.05. The quantitative estimate of drug-likeness (QED) is 0.749. The molecule has 1 fully saturated rings. The van der Waals surface area contributed by atoms with Crippen LogP contribution < -0.4 is 5.32 Å². The Hall–Kier alpha value is -1.46. The largest absolute Gasteiger partial charge is 0.396 e. The number of aliphatic hydroxyl groups excluding tert-OH is 2. The van der Waals surface area contributed by atoms with E-state index in [4.69, 9.17) is 5.11 Å². The average molecular weight is 267 g/mol. The first-order valence-electron chi connectivity index (χ1n) is 6.41. The summed E-state index contributed by atoms with van der Waals surface area (Å²) in [7, 11) is 0. The number of amides is 1. The Kier molecular flexibility index (Phi) is 4.50. The number of aliphatic hydroxyl groups is 2. The van der Waals surface area contributed by atoms with Crippen molar-refractivity contribution in [2.24, 2.45) is 5.92 Å². The van der Waals surface area contributed by atoms with Gasteiger partial charge in [-0.2, -0.15) is 0 Å². The summed E-state index contributed by atoms with van der Waals surface area (Å²) in [4.78, 5) is 11.8. The Bertz CT molecular complexity index is 435. The lowest BCUT2D eigenvalue weighted by Gasteiger charge is -2.12. The maximum absolute atomic E-state index is 12.7. The van der Waals surface area contributed by atoms with Crippen molar-refractivity contribution in [1.29, 1.82) is 0 Å². The minimum atomic E-state index is -0.555. The molecular weight excluding hydrogens is 249 g/mol. The SMILES string of the molecule is O=C(Cc1ccc(F)cc1)N[C@@H]1C[C@@H](CO)[C@H](O)C1. The van der Waals surface area contributed by atoms with Gasteiger partial charge in [0.1, 0.15) is 5.82 Å². The van der Waals surface area contributed by atoms with Crippen molar-refractivity contribution < 1.29 is 19.4 Å². The topological polar surface area (TPSA) is 69.6 Å². The molecule has 0 heterocycles. The summed E-state index contributed by atoms with van der Waals surface area (Å²) in [5.74, 6) is -0.632. The van der Waals surface area contributed by atoms with Crippen LogP contribution in [-0.4, -0.2) is 34.9 Å². The van der Waals surface area contributed by atoms with Crippen LogP contribution in [0, 0.1) is 11.7 Å². The Morgan fingerprint density at radius 2 is 2.00 bits per heavy atom. The summed E-state index contributed by atoms with van der Waals surface area (Å²) >= 11 is 0. The highest BCUT2D eigenvalue weighted by Crippen LogP contribution is 2.25. The van der Waals surface area contributed by atoms with Gasteiger partial charge in [0, 0.05) is 18.6 Å². The highest BCUT2D eigenvalue weighted by molar-refractivity contribution is 5.78. The van der Waals surface area contributed by atoms with Crippen molar-refractivity contribution in [1.82, 2.24) is 5.32 Å². The third-order valence-corrected chi connectivity index (χ3v) is 3.53. The molecule has 0 saturated heterocycles. The van der Waals surface area contributed by atoms with Crippen LogP contribution in [0.15, 0.2) is 24.3 Å². The minimum Gasteiger partial charge on any atom is -0.396 e. The molecule has 0 radical (unpaired) electrons. The monoisotopic (exact) mass is 267 g/mol. The number of hydrogen-bond acceptors (Lipinski definition) is 3. The first-order chi connectivity index (χ1) is 9.08. The van der Waals surface area contributed by atoms with Gasteiger partial charge in [-0.05, 0) is 30.5 Å². The summed E-state index contributed by atoms with van der Waals surface area (Å²) in [6.07, 6.45) is 0.699. The van der Waals surface area contributed by atoms with Crippen LogP contribution in [0.25, 0.3) is 0 Å². The molecule has 0 unspecified atom stereocenters. The molecule has 1 aromatic rings. The van der Waals surface area contributed by atoms with Crippen LogP contribution in [0.4, 0.5) is 4.39 Å². The second-order valence-electron chi connectivity index (χ2n) is 5.05. The molecule has 3 N–H and O–H groups in total. The number of benzene rings is 1. The van der Waals surface area contributed by atoms with Crippen LogP contribution in [0.3, 0.4) is 0 Å². The molecule has 19 heavy (non-hydrogen) atoms. The highest BCUT2D eigenvalue weighted by atomic mass is 19.1. The van der Waals surface area contributed by atoms with Crippen molar-refractivity contribution in [3.8, 4) is 0 Å². The van der Waals surface area contributed by atoms with Crippen molar-refractivity contribution in [3.63, 3.8) is 0 Å². The van der Waals surface area contributed by atoms with E-state index in [9.17, 15) is 14.3 Å². The van der Waals surface area contributed by atoms with E-state index in [0.29, 0.717) is 12.8 Å². The molecule has 3 atom stereocenters. The van der Waals surface area contributed by atoms with E-state index in [1.54, 1.807) is 12.1 Å². The van der Waals surface area contributed by atoms with Gasteiger partial charge in [-0.15, -0.1) is 0 Å². The number of nitrogens with one attached hydrogen (secondary N) is 1. The minimum absolute atomic E-state index is 0.0640. The van der Waals surface area contributed by atoms with Gasteiger partial charge in [0.2, 0.25) is 5.91 Å². The number of carbonyl (C=O) groups excluding carboxylic acids is 1. The molecule has 0 aromatic heterocycles. The Morgan fingerprint density at radius 1 is 1.32 bits per heavy atom. The van der Waals surface area contributed by atoms with Crippen LogP contribution in [0.5, 0.6) is 0 Å². The van der Waals surface area contributed by atoms with E-state index in [1.807, 2.05) is 0 Å². The second kappa shape index (κ2) is 6.12. The van der Waals surface area contributed by atoms with Gasteiger partial charge in [-0.3, -0.25) is 4.79 Å². The zero-order chi connectivity index (χ0) is 13.8. The van der Waals surface area contributed by atoms with Gasteiger partial charge in [0.15, 0.2) is 0 Å². The Morgan fingerprint density at radius 3 is 2.58 bits per heavy atom. The van der Waals surface area contributed by atoms with E-state index in [2.05, 4.69) is 5.32 Å². The molecule has 2 rings (SSSR count). The van der Waals surface area contributed by atoms with Gasteiger partial charge in [-0.1, -0.05) is 12.1 Å². The first-order valence-corrected chi connectivity index (χ1v) is 6.41. The fourth-order valence-corrected chi connectivity index (χ4v) is 2.48. The molecule has 1 aliphatic rings. The third kappa shape index (κ3) is 3.75. The van der Waals surface area contributed by atoms with Gasteiger partial charge < -0.3 is 15.5 Å². The fourth-order valence-electron chi connectivity index (χ4n) is 2.48. The lowest BCUT2D eigenvalue weighted by Crippen LogP contribution is -2.34. The van der Waals surface area contributed by atoms with Crippen molar-refractivity contribution in [2.75, 3.05) is 6.61 Å². The summed E-state index contributed by atoms with van der Waals surface area (Å²) in [6, 6.07) is 5.71. The van der Waals surface area contributed by atoms with Crippen molar-refractivity contribution in [3.05, 3.63) is 35.6 Å². The van der Waals surface area contributed by atoms with E-state index in [-0.39, 0.29) is 36.7 Å². The molecule has 1 aromatic carbocycles. The third-order valence-electron chi connectivity index (χ3n) is 3.53. The van der Waals surface area contributed by atoms with Gasteiger partial charge in [-0.25, -0.2) is 4.39 Å². The van der Waals surface area contributed by atoms with E-state index in [1.165, 1.54) is 12.1 Å². The van der Waals surface area contributed by atoms with Crippen LogP contribution >= 0.6 is 0 Å². The predicted octanol–water partition coefficient (Wildman–Crippen LogP) is 0.616. The van der Waals surface area contributed by atoms with Gasteiger partial charge in [0.25, 0.3) is 0 Å². The lowest BCUT2D eigenvalue weighted by atomic mass is 10.1. The zero-order valence-electron chi connectivity index (χ0n) is 10.6. The molecule has 0 spiro atoms. The maximum atomic E-state index is 12.7. The molecule has 1 saturated carbocycles. The predicted molar refractivity (Wildman–Crippen MR) is 67.9 cm³/mol. The fraction of sp³-hybridized carbons (Fsp3) is 0.500. The van der Waals surface area contributed by atoms with E-state index < -0.39 is 6.10 Å². The summed E-state index contributed by atoms with van der Waals surface area (Å²) in [5.41, 5.74) is 0.746. The van der Waals surface area contributed by atoms with Crippen LogP contribution in [0.2, 0.25) is 0 Å². The van der Waals surface area contributed by atoms with Crippen LogP contribution in [-0.2, 0) is 11.2 Å². The molecule has 0 aliphatic heterocycles. The average Bonchev–Trinajstić information content (AvgIpc) is 2.72. The van der Waals surface area contributed by atoms with Crippen molar-refractivity contribution >= 4 is 5.91 Å². The van der Waals surface area contributed by atoms with E-state index >= 15 is 0 Å². The molecule has 104 valence electrons. The summed E-state index contributed by atoms with van der Waals surface area (Å²) in [5, 5.41) is 21.5. The molecule has 0 bridgehead atoms. The Balaban J connectivity index is 1.83. The van der Waals surface area contributed by atoms with E-state index in [0.717, 1.165) is 5.56 Å². The summed E-state index contributed by atoms with van der Waals surface area (Å²) < 4.78 is 12.7. The standard InChI is InChI=1S/C14H18FNO3/c15-11-3-1-9(2-4-11)5-14(19)16-12-6-10(8-17)13(18)7-12/h1-4,10,12-13,17-18H,5-8H2,(H,16,19)/t10-,12+,13+/m0/s1. The number of carbonyl (C=O) groups is 1. The Labute approximate surface area is 111 Å². The zero-order valence-corrected chi connectivity index (χ0v) is 10.6. The first kappa shape index (κ1) is 14.0. The molecule has 1 aliphatic carbocycles. The number of rotatable bonds is 4. The number of halogens is 1. The van der Waals surface area contributed by atoms with Crippen molar-refractivity contribution in [2.45, 2.75) is 31.4 Å². The highest BCUT2D eigenvalue weighted by Gasteiger charge is 2.33. The summed E-state index contributed by atoms with van der Waals surface area (Å²) in [6.45, 7) is -0.0640. The number of hydrogen-bond donors (Lipinski definition) is 3.